The van der Waals surface area contributed by atoms with Gasteiger partial charge in [-0.15, -0.1) is 0 Å². The summed E-state index contributed by atoms with van der Waals surface area (Å²) in [6.07, 6.45) is 0.333. The van der Waals surface area contributed by atoms with Gasteiger partial charge in [0.15, 0.2) is 0 Å². The fourth-order valence-corrected chi connectivity index (χ4v) is 2.02. The highest BCUT2D eigenvalue weighted by atomic mass is 16.3. The van der Waals surface area contributed by atoms with Crippen molar-refractivity contribution in [2.24, 2.45) is 0 Å². The molecule has 2 heterocycles. The first-order valence-corrected chi connectivity index (χ1v) is 5.97. The first kappa shape index (κ1) is 13.1. The average Bonchev–Trinajstić information content (AvgIpc) is 2.31. The van der Waals surface area contributed by atoms with Crippen LogP contribution >= 0.6 is 0 Å². The second-order valence-electron chi connectivity index (χ2n) is 4.31. The SMILES string of the molecule is CCc1c(O)n(-c2ccc(C)nc2C)c(=O)[nH]c1=O. The van der Waals surface area contributed by atoms with Gasteiger partial charge in [-0.05, 0) is 32.4 Å². The molecule has 0 aliphatic carbocycles. The van der Waals surface area contributed by atoms with Crippen molar-refractivity contribution < 1.29 is 5.11 Å². The van der Waals surface area contributed by atoms with Crippen molar-refractivity contribution in [3.05, 3.63) is 49.9 Å². The molecule has 0 aromatic carbocycles. The number of aromatic amines is 1. The number of H-pyrrole nitrogens is 1. The molecule has 0 radical (unpaired) electrons. The van der Waals surface area contributed by atoms with Gasteiger partial charge in [0.2, 0.25) is 5.88 Å². The molecule has 6 nitrogen and oxygen atoms in total. The minimum Gasteiger partial charge on any atom is -0.494 e. The van der Waals surface area contributed by atoms with Gasteiger partial charge in [0.1, 0.15) is 0 Å². The lowest BCUT2D eigenvalue weighted by molar-refractivity contribution is 0.423. The molecule has 0 bridgehead atoms. The molecule has 0 aliphatic rings. The molecule has 2 aromatic rings. The number of aryl methyl sites for hydroxylation is 2. The number of hydrogen-bond acceptors (Lipinski definition) is 4. The zero-order valence-electron chi connectivity index (χ0n) is 11.0. The number of aromatic hydroxyl groups is 1. The van der Waals surface area contributed by atoms with Gasteiger partial charge in [0.25, 0.3) is 5.56 Å². The quantitative estimate of drug-likeness (QED) is 0.837. The average molecular weight is 261 g/mol. The molecule has 0 fully saturated rings. The molecule has 0 unspecified atom stereocenters. The normalized spacial score (nSPS) is 10.7. The van der Waals surface area contributed by atoms with Gasteiger partial charge < -0.3 is 5.11 Å². The standard InChI is InChI=1S/C13H15N3O3/c1-4-9-11(17)15-13(19)16(12(9)18)10-6-5-7(2)14-8(10)3/h5-6,18H,4H2,1-3H3,(H,15,17,19). The van der Waals surface area contributed by atoms with Gasteiger partial charge in [-0.25, -0.2) is 9.36 Å². The van der Waals surface area contributed by atoms with Crippen molar-refractivity contribution in [3.8, 4) is 11.6 Å². The van der Waals surface area contributed by atoms with Crippen LogP contribution in [0.4, 0.5) is 0 Å². The van der Waals surface area contributed by atoms with E-state index in [1.54, 1.807) is 26.0 Å². The number of pyridine rings is 1. The number of hydrogen-bond donors (Lipinski definition) is 2. The Bertz CT molecular complexity index is 744. The molecule has 100 valence electrons. The summed E-state index contributed by atoms with van der Waals surface area (Å²) < 4.78 is 1.07. The summed E-state index contributed by atoms with van der Waals surface area (Å²) in [5, 5.41) is 10.1. The minimum atomic E-state index is -0.673. The van der Waals surface area contributed by atoms with Crippen molar-refractivity contribution in [2.75, 3.05) is 0 Å². The van der Waals surface area contributed by atoms with Gasteiger partial charge >= 0.3 is 5.69 Å². The largest absolute Gasteiger partial charge is 0.494 e. The fraction of sp³-hybridized carbons (Fsp3) is 0.308. The fourth-order valence-electron chi connectivity index (χ4n) is 2.02. The van der Waals surface area contributed by atoms with Crippen LogP contribution in [0.2, 0.25) is 0 Å². The smallest absolute Gasteiger partial charge is 0.335 e. The predicted octanol–water partition coefficient (Wildman–Crippen LogP) is 0.806. The van der Waals surface area contributed by atoms with Crippen LogP contribution in [0.25, 0.3) is 5.69 Å². The summed E-state index contributed by atoms with van der Waals surface area (Å²) in [7, 11) is 0. The Morgan fingerprint density at radius 2 is 2.00 bits per heavy atom. The van der Waals surface area contributed by atoms with Crippen LogP contribution in [0.3, 0.4) is 0 Å². The maximum absolute atomic E-state index is 11.9. The number of aromatic nitrogens is 3. The number of nitrogens with one attached hydrogen (secondary N) is 1. The van der Waals surface area contributed by atoms with E-state index in [0.717, 1.165) is 10.3 Å². The van der Waals surface area contributed by atoms with Crippen LogP contribution in [0.15, 0.2) is 21.7 Å². The van der Waals surface area contributed by atoms with Crippen LogP contribution in [0.1, 0.15) is 23.9 Å². The van der Waals surface area contributed by atoms with E-state index in [-0.39, 0.29) is 11.4 Å². The topological polar surface area (TPSA) is 88.0 Å². The van der Waals surface area contributed by atoms with Gasteiger partial charge in [-0.1, -0.05) is 6.92 Å². The van der Waals surface area contributed by atoms with Crippen LogP contribution in [0, 0.1) is 13.8 Å². The Labute approximate surface area is 109 Å². The van der Waals surface area contributed by atoms with Crippen LogP contribution in [-0.2, 0) is 6.42 Å². The number of nitrogens with zero attached hydrogens (tertiary/aromatic N) is 2. The van der Waals surface area contributed by atoms with E-state index in [1.807, 2.05) is 6.92 Å². The third kappa shape index (κ3) is 2.16. The van der Waals surface area contributed by atoms with Crippen molar-refractivity contribution in [2.45, 2.75) is 27.2 Å². The minimum absolute atomic E-state index is 0.180. The van der Waals surface area contributed by atoms with E-state index in [0.29, 0.717) is 17.8 Å². The van der Waals surface area contributed by atoms with Crippen molar-refractivity contribution in [1.82, 2.24) is 14.5 Å². The highest BCUT2D eigenvalue weighted by molar-refractivity contribution is 5.41. The summed E-state index contributed by atoms with van der Waals surface area (Å²) in [5.74, 6) is -0.329. The summed E-state index contributed by atoms with van der Waals surface area (Å²) >= 11 is 0. The third-order valence-electron chi connectivity index (χ3n) is 2.97. The lowest BCUT2D eigenvalue weighted by Crippen LogP contribution is -2.31. The maximum Gasteiger partial charge on any atom is 0.335 e. The summed E-state index contributed by atoms with van der Waals surface area (Å²) in [6.45, 7) is 5.31. The maximum atomic E-state index is 11.9. The van der Waals surface area contributed by atoms with Crippen LogP contribution in [0.5, 0.6) is 5.88 Å². The monoisotopic (exact) mass is 261 g/mol. The van der Waals surface area contributed by atoms with E-state index in [2.05, 4.69) is 9.97 Å². The van der Waals surface area contributed by atoms with Crippen molar-refractivity contribution >= 4 is 0 Å². The predicted molar refractivity (Wildman–Crippen MR) is 71.0 cm³/mol. The van der Waals surface area contributed by atoms with Crippen molar-refractivity contribution in [3.63, 3.8) is 0 Å². The highest BCUT2D eigenvalue weighted by Gasteiger charge is 2.15. The Balaban J connectivity index is 2.83. The molecule has 0 atom stereocenters. The van der Waals surface area contributed by atoms with E-state index in [1.165, 1.54) is 0 Å². The van der Waals surface area contributed by atoms with Crippen LogP contribution < -0.4 is 11.2 Å². The molecule has 19 heavy (non-hydrogen) atoms. The molecule has 0 aliphatic heterocycles. The molecule has 0 saturated heterocycles. The first-order chi connectivity index (χ1) is 8.95. The molecule has 0 spiro atoms. The van der Waals surface area contributed by atoms with Gasteiger partial charge in [-0.3, -0.25) is 14.8 Å². The molecule has 0 saturated carbocycles. The second kappa shape index (κ2) is 4.72. The van der Waals surface area contributed by atoms with Gasteiger partial charge in [-0.2, -0.15) is 0 Å². The van der Waals surface area contributed by atoms with Crippen molar-refractivity contribution in [1.29, 1.82) is 0 Å². The zero-order valence-corrected chi connectivity index (χ0v) is 11.0. The third-order valence-corrected chi connectivity index (χ3v) is 2.97. The lowest BCUT2D eigenvalue weighted by Gasteiger charge is -2.12. The molecule has 2 rings (SSSR count). The Hall–Kier alpha value is -2.37. The van der Waals surface area contributed by atoms with E-state index >= 15 is 0 Å². The lowest BCUT2D eigenvalue weighted by atomic mass is 10.2. The highest BCUT2D eigenvalue weighted by Crippen LogP contribution is 2.18. The molecule has 6 heteroatoms. The first-order valence-electron chi connectivity index (χ1n) is 5.97. The van der Waals surface area contributed by atoms with E-state index in [9.17, 15) is 14.7 Å². The molecular weight excluding hydrogens is 246 g/mol. The molecular formula is C13H15N3O3. The Kier molecular flexibility index (Phi) is 3.25. The van der Waals surface area contributed by atoms with E-state index < -0.39 is 11.2 Å². The Morgan fingerprint density at radius 1 is 1.32 bits per heavy atom. The van der Waals surface area contributed by atoms with Gasteiger partial charge in [0.05, 0.1) is 16.9 Å². The zero-order chi connectivity index (χ0) is 14.2. The van der Waals surface area contributed by atoms with Crippen LogP contribution in [-0.4, -0.2) is 19.6 Å². The summed E-state index contributed by atoms with van der Waals surface area (Å²) in [5.41, 5.74) is 0.825. The van der Waals surface area contributed by atoms with Gasteiger partial charge in [0, 0.05) is 5.69 Å². The summed E-state index contributed by atoms with van der Waals surface area (Å²) in [4.78, 5) is 29.9. The Morgan fingerprint density at radius 3 is 2.58 bits per heavy atom. The molecule has 0 amide bonds. The molecule has 2 aromatic heterocycles. The molecule has 2 N–H and O–H groups in total. The van der Waals surface area contributed by atoms with E-state index in [4.69, 9.17) is 0 Å². The summed E-state index contributed by atoms with van der Waals surface area (Å²) in [6, 6.07) is 3.43. The second-order valence-corrected chi connectivity index (χ2v) is 4.31. The number of rotatable bonds is 2.